The zero-order valence-electron chi connectivity index (χ0n) is 15.0. The molecule has 8 heteroatoms. The summed E-state index contributed by atoms with van der Waals surface area (Å²) in [6, 6.07) is 0. The molecule has 2 fully saturated rings. The van der Waals surface area contributed by atoms with Crippen LogP contribution in [-0.2, 0) is 14.6 Å². The fourth-order valence-electron chi connectivity index (χ4n) is 2.58. The van der Waals surface area contributed by atoms with E-state index >= 15 is 0 Å². The second kappa shape index (κ2) is 9.58. The summed E-state index contributed by atoms with van der Waals surface area (Å²) in [6.45, 7) is 8.04. The molecule has 1 heterocycles. The summed E-state index contributed by atoms with van der Waals surface area (Å²) in [4.78, 5) is 8.92. The van der Waals surface area contributed by atoms with E-state index in [9.17, 15) is 8.42 Å². The highest BCUT2D eigenvalue weighted by Gasteiger charge is 2.22. The SMILES string of the molecule is CCNC(=NCCN1CCS(=O)(=O)CC1)N(C)CCOCC1CC1. The van der Waals surface area contributed by atoms with Gasteiger partial charge in [0.1, 0.15) is 0 Å². The summed E-state index contributed by atoms with van der Waals surface area (Å²) in [5, 5.41) is 3.30. The molecule has 0 bridgehead atoms. The van der Waals surface area contributed by atoms with Gasteiger partial charge in [0, 0.05) is 46.4 Å². The molecule has 0 aromatic rings. The van der Waals surface area contributed by atoms with Gasteiger partial charge in [-0.1, -0.05) is 0 Å². The van der Waals surface area contributed by atoms with Crippen molar-refractivity contribution in [1.82, 2.24) is 15.1 Å². The van der Waals surface area contributed by atoms with Gasteiger partial charge in [-0.25, -0.2) is 8.42 Å². The lowest BCUT2D eigenvalue weighted by Crippen LogP contribution is -2.43. The van der Waals surface area contributed by atoms with Crippen molar-refractivity contribution in [2.45, 2.75) is 19.8 Å². The maximum Gasteiger partial charge on any atom is 0.193 e. The molecule has 0 spiro atoms. The predicted molar refractivity (Wildman–Crippen MR) is 97.2 cm³/mol. The number of sulfone groups is 1. The van der Waals surface area contributed by atoms with Gasteiger partial charge in [0.15, 0.2) is 15.8 Å². The number of aliphatic imine (C=N–C) groups is 1. The maximum absolute atomic E-state index is 11.4. The highest BCUT2D eigenvalue weighted by atomic mass is 32.2. The summed E-state index contributed by atoms with van der Waals surface area (Å²) in [7, 11) is -0.782. The van der Waals surface area contributed by atoms with Crippen molar-refractivity contribution in [3.8, 4) is 0 Å². The summed E-state index contributed by atoms with van der Waals surface area (Å²) in [5.41, 5.74) is 0. The molecule has 24 heavy (non-hydrogen) atoms. The van der Waals surface area contributed by atoms with E-state index in [-0.39, 0.29) is 11.5 Å². The van der Waals surface area contributed by atoms with Gasteiger partial charge >= 0.3 is 0 Å². The van der Waals surface area contributed by atoms with Gasteiger partial charge < -0.3 is 15.0 Å². The third-order valence-corrected chi connectivity index (χ3v) is 6.04. The molecule has 1 N–H and O–H groups in total. The van der Waals surface area contributed by atoms with E-state index in [1.807, 2.05) is 7.05 Å². The molecular weight excluding hydrogens is 328 g/mol. The normalized spacial score (nSPS) is 21.7. The van der Waals surface area contributed by atoms with E-state index in [4.69, 9.17) is 4.74 Å². The lowest BCUT2D eigenvalue weighted by atomic mass is 10.4. The van der Waals surface area contributed by atoms with Crippen molar-refractivity contribution < 1.29 is 13.2 Å². The van der Waals surface area contributed by atoms with Crippen LogP contribution < -0.4 is 5.32 Å². The Hall–Kier alpha value is -0.860. The Morgan fingerprint density at radius 1 is 1.33 bits per heavy atom. The van der Waals surface area contributed by atoms with Crippen LogP contribution in [0.1, 0.15) is 19.8 Å². The molecule has 1 saturated carbocycles. The average molecular weight is 361 g/mol. The fourth-order valence-corrected chi connectivity index (χ4v) is 3.86. The van der Waals surface area contributed by atoms with Gasteiger partial charge in [-0.2, -0.15) is 0 Å². The fraction of sp³-hybridized carbons (Fsp3) is 0.938. The van der Waals surface area contributed by atoms with Crippen molar-refractivity contribution in [3.05, 3.63) is 0 Å². The summed E-state index contributed by atoms with van der Waals surface area (Å²) >= 11 is 0. The van der Waals surface area contributed by atoms with Crippen LogP contribution in [0.2, 0.25) is 0 Å². The zero-order valence-corrected chi connectivity index (χ0v) is 15.9. The Bertz CT molecular complexity index is 491. The molecule has 2 aliphatic rings. The first-order valence-electron chi connectivity index (χ1n) is 9.00. The third kappa shape index (κ3) is 7.36. The number of likely N-dealkylation sites (N-methyl/N-ethyl adjacent to an activating group) is 1. The molecule has 0 aromatic carbocycles. The maximum atomic E-state index is 11.4. The molecule has 0 unspecified atom stereocenters. The average Bonchev–Trinajstić information content (AvgIpc) is 3.36. The Kier molecular flexibility index (Phi) is 7.77. The van der Waals surface area contributed by atoms with Crippen molar-refractivity contribution in [2.75, 3.05) is 71.0 Å². The van der Waals surface area contributed by atoms with Crippen molar-refractivity contribution >= 4 is 15.8 Å². The molecule has 1 saturated heterocycles. The van der Waals surface area contributed by atoms with Crippen LogP contribution >= 0.6 is 0 Å². The second-order valence-electron chi connectivity index (χ2n) is 6.67. The van der Waals surface area contributed by atoms with Crippen molar-refractivity contribution in [1.29, 1.82) is 0 Å². The molecule has 0 amide bonds. The first-order chi connectivity index (χ1) is 11.5. The van der Waals surface area contributed by atoms with Crippen LogP contribution in [0, 0.1) is 5.92 Å². The van der Waals surface area contributed by atoms with Crippen LogP contribution in [0.25, 0.3) is 0 Å². The lowest BCUT2D eigenvalue weighted by molar-refractivity contribution is 0.115. The largest absolute Gasteiger partial charge is 0.379 e. The van der Waals surface area contributed by atoms with Gasteiger partial charge in [-0.3, -0.25) is 9.89 Å². The number of hydrogen-bond acceptors (Lipinski definition) is 5. The van der Waals surface area contributed by atoms with Crippen LogP contribution in [0.5, 0.6) is 0 Å². The molecule has 1 aliphatic heterocycles. The molecular formula is C16H32N4O3S. The van der Waals surface area contributed by atoms with Crippen LogP contribution in [0.4, 0.5) is 0 Å². The number of nitrogens with zero attached hydrogens (tertiary/aromatic N) is 3. The third-order valence-electron chi connectivity index (χ3n) is 4.43. The minimum absolute atomic E-state index is 0.273. The van der Waals surface area contributed by atoms with Crippen molar-refractivity contribution in [2.24, 2.45) is 10.9 Å². The van der Waals surface area contributed by atoms with Crippen LogP contribution in [-0.4, -0.2) is 95.2 Å². The Morgan fingerprint density at radius 2 is 2.04 bits per heavy atom. The first kappa shape index (κ1) is 19.5. The molecule has 0 atom stereocenters. The number of ether oxygens (including phenoxy) is 1. The van der Waals surface area contributed by atoms with E-state index < -0.39 is 9.84 Å². The van der Waals surface area contributed by atoms with Gasteiger partial charge in [-0.15, -0.1) is 0 Å². The molecule has 2 rings (SSSR count). The standard InChI is InChI=1S/C16H32N4O3S/c1-3-17-16(19(2)8-11-23-14-15-4-5-15)18-6-7-20-9-12-24(21,22)13-10-20/h15H,3-14H2,1-2H3,(H,17,18). The Balaban J connectivity index is 1.68. The Morgan fingerprint density at radius 3 is 2.67 bits per heavy atom. The predicted octanol–water partition coefficient (Wildman–Crippen LogP) is 0.0407. The smallest absolute Gasteiger partial charge is 0.193 e. The molecule has 7 nitrogen and oxygen atoms in total. The Labute approximate surface area is 146 Å². The molecule has 0 aromatic heterocycles. The van der Waals surface area contributed by atoms with Crippen LogP contribution in [0.15, 0.2) is 4.99 Å². The van der Waals surface area contributed by atoms with Gasteiger partial charge in [-0.05, 0) is 25.7 Å². The molecule has 0 radical (unpaired) electrons. The second-order valence-corrected chi connectivity index (χ2v) is 8.97. The first-order valence-corrected chi connectivity index (χ1v) is 10.8. The van der Waals surface area contributed by atoms with E-state index in [1.165, 1.54) is 12.8 Å². The number of nitrogens with one attached hydrogen (secondary N) is 1. The molecule has 1 aliphatic carbocycles. The highest BCUT2D eigenvalue weighted by molar-refractivity contribution is 7.91. The summed E-state index contributed by atoms with van der Waals surface area (Å²) < 4.78 is 28.6. The number of hydrogen-bond donors (Lipinski definition) is 1. The van der Waals surface area contributed by atoms with Crippen LogP contribution in [0.3, 0.4) is 0 Å². The van der Waals surface area contributed by atoms with Gasteiger partial charge in [0.05, 0.1) is 24.7 Å². The summed E-state index contributed by atoms with van der Waals surface area (Å²) in [6.07, 6.45) is 2.63. The van der Waals surface area contributed by atoms with Crippen molar-refractivity contribution in [3.63, 3.8) is 0 Å². The zero-order chi connectivity index (χ0) is 17.4. The lowest BCUT2D eigenvalue weighted by Gasteiger charge is -2.26. The summed E-state index contributed by atoms with van der Waals surface area (Å²) in [5.74, 6) is 2.23. The van der Waals surface area contributed by atoms with E-state index in [2.05, 4.69) is 27.0 Å². The van der Waals surface area contributed by atoms with E-state index in [0.29, 0.717) is 19.6 Å². The minimum Gasteiger partial charge on any atom is -0.379 e. The monoisotopic (exact) mass is 360 g/mol. The minimum atomic E-state index is -2.81. The van der Waals surface area contributed by atoms with E-state index in [0.717, 1.165) is 44.7 Å². The van der Waals surface area contributed by atoms with Gasteiger partial charge in [0.2, 0.25) is 0 Å². The number of guanidine groups is 1. The quantitative estimate of drug-likeness (QED) is 0.356. The molecule has 140 valence electrons. The number of rotatable bonds is 9. The van der Waals surface area contributed by atoms with Gasteiger partial charge in [0.25, 0.3) is 0 Å². The topological polar surface area (TPSA) is 74.2 Å². The van der Waals surface area contributed by atoms with E-state index in [1.54, 1.807) is 0 Å². The highest BCUT2D eigenvalue weighted by Crippen LogP contribution is 2.28.